The first-order valence-electron chi connectivity index (χ1n) is 5.88. The van der Waals surface area contributed by atoms with E-state index in [1.807, 2.05) is 0 Å². The van der Waals surface area contributed by atoms with Crippen molar-refractivity contribution in [3.8, 4) is 0 Å². The van der Waals surface area contributed by atoms with E-state index in [-0.39, 0.29) is 5.25 Å². The number of rotatable bonds is 4. The van der Waals surface area contributed by atoms with Crippen molar-refractivity contribution in [1.29, 1.82) is 0 Å². The molecule has 0 radical (unpaired) electrons. The lowest BCUT2D eigenvalue weighted by Crippen LogP contribution is -2.57. The maximum atomic E-state index is 11.1. The molecule has 0 aromatic carbocycles. The topological polar surface area (TPSA) is 63.4 Å². The van der Waals surface area contributed by atoms with Crippen LogP contribution in [0.1, 0.15) is 20.8 Å². The SMILES string of the molecule is CC(C)(C)S(C)(C)CCN1CC(S(N)(=O)=O)C1. The molecule has 2 N–H and O–H groups in total. The second-order valence-electron chi connectivity index (χ2n) is 6.33. The minimum atomic E-state index is -3.32. The van der Waals surface area contributed by atoms with Crippen LogP contribution in [0.2, 0.25) is 0 Å². The lowest BCUT2D eigenvalue weighted by molar-refractivity contribution is 0.197. The third kappa shape index (κ3) is 3.84. The summed E-state index contributed by atoms with van der Waals surface area (Å²) in [5.41, 5.74) is 0. The van der Waals surface area contributed by atoms with E-state index in [4.69, 9.17) is 5.14 Å². The standard InChI is InChI=1S/C11H26N2O2S2/c1-11(2,3)16(4,5)7-6-13-8-10(9-13)17(12,14)15/h10H,6-9H2,1-5H3,(H2,12,14,15). The van der Waals surface area contributed by atoms with Crippen LogP contribution in [-0.2, 0) is 10.0 Å². The van der Waals surface area contributed by atoms with Crippen molar-refractivity contribution in [1.82, 2.24) is 4.90 Å². The van der Waals surface area contributed by atoms with Crippen LogP contribution in [0.4, 0.5) is 0 Å². The first-order valence-corrected chi connectivity index (χ1v) is 10.1. The van der Waals surface area contributed by atoms with Gasteiger partial charge in [-0.1, -0.05) is 20.8 Å². The van der Waals surface area contributed by atoms with Gasteiger partial charge in [0.1, 0.15) is 5.25 Å². The van der Waals surface area contributed by atoms with Crippen LogP contribution in [-0.4, -0.2) is 61.2 Å². The molecule has 6 heteroatoms. The molecule has 104 valence electrons. The van der Waals surface area contributed by atoms with Crippen LogP contribution in [0, 0.1) is 0 Å². The van der Waals surface area contributed by atoms with E-state index in [1.54, 1.807) is 0 Å². The summed E-state index contributed by atoms with van der Waals surface area (Å²) in [4.78, 5) is 2.19. The van der Waals surface area contributed by atoms with E-state index in [2.05, 4.69) is 38.2 Å². The minimum Gasteiger partial charge on any atom is -0.300 e. The van der Waals surface area contributed by atoms with Gasteiger partial charge in [-0.2, -0.15) is 0 Å². The monoisotopic (exact) mass is 282 g/mol. The Hall–Kier alpha value is 0.220. The molecule has 1 fully saturated rings. The quantitative estimate of drug-likeness (QED) is 0.830. The summed E-state index contributed by atoms with van der Waals surface area (Å²) in [5.74, 6) is 1.16. The molecule has 17 heavy (non-hydrogen) atoms. The molecule has 0 saturated carbocycles. The fraction of sp³-hybridized carbons (Fsp3) is 1.00. The molecule has 0 aromatic heterocycles. The molecule has 1 saturated heterocycles. The Labute approximate surface area is 107 Å². The van der Waals surface area contributed by atoms with E-state index >= 15 is 0 Å². The molecule has 0 spiro atoms. The smallest absolute Gasteiger partial charge is 0.214 e. The van der Waals surface area contributed by atoms with E-state index in [1.165, 1.54) is 0 Å². The molecule has 1 aliphatic heterocycles. The van der Waals surface area contributed by atoms with Crippen LogP contribution in [0.15, 0.2) is 0 Å². The zero-order valence-electron chi connectivity index (χ0n) is 11.6. The molecule has 0 aliphatic carbocycles. The average molecular weight is 282 g/mol. The van der Waals surface area contributed by atoms with Crippen LogP contribution in [0.3, 0.4) is 0 Å². The van der Waals surface area contributed by atoms with Gasteiger partial charge in [0.25, 0.3) is 0 Å². The highest BCUT2D eigenvalue weighted by Gasteiger charge is 2.36. The predicted octanol–water partition coefficient (Wildman–Crippen LogP) is 0.822. The summed E-state index contributed by atoms with van der Waals surface area (Å²) in [7, 11) is -3.96. The van der Waals surface area contributed by atoms with Crippen molar-refractivity contribution in [2.24, 2.45) is 5.14 Å². The van der Waals surface area contributed by atoms with Crippen LogP contribution in [0.25, 0.3) is 0 Å². The molecule has 1 aliphatic rings. The van der Waals surface area contributed by atoms with Gasteiger partial charge < -0.3 is 0 Å². The molecule has 0 aromatic rings. The zero-order chi connectivity index (χ0) is 13.5. The van der Waals surface area contributed by atoms with Gasteiger partial charge in [0.15, 0.2) is 0 Å². The van der Waals surface area contributed by atoms with Crippen LogP contribution < -0.4 is 5.14 Å². The number of primary sulfonamides is 1. The van der Waals surface area contributed by atoms with E-state index < -0.39 is 20.1 Å². The minimum absolute atomic E-state index is 0.338. The van der Waals surface area contributed by atoms with Gasteiger partial charge in [0.05, 0.1) is 0 Å². The molecule has 4 nitrogen and oxygen atoms in total. The van der Waals surface area contributed by atoms with Crippen molar-refractivity contribution in [3.05, 3.63) is 0 Å². The van der Waals surface area contributed by atoms with Crippen molar-refractivity contribution < 1.29 is 8.42 Å². The van der Waals surface area contributed by atoms with Gasteiger partial charge in [0.2, 0.25) is 10.0 Å². The number of nitrogens with two attached hydrogens (primary N) is 1. The van der Waals surface area contributed by atoms with Crippen LogP contribution >= 0.6 is 10.0 Å². The predicted molar refractivity (Wildman–Crippen MR) is 77.4 cm³/mol. The Morgan fingerprint density at radius 3 is 2.06 bits per heavy atom. The van der Waals surface area contributed by atoms with Gasteiger partial charge in [0, 0.05) is 19.6 Å². The van der Waals surface area contributed by atoms with Crippen molar-refractivity contribution in [3.63, 3.8) is 0 Å². The highest BCUT2D eigenvalue weighted by atomic mass is 32.3. The molecule has 0 unspecified atom stereocenters. The summed E-state index contributed by atoms with van der Waals surface area (Å²) in [6.45, 7) is 9.06. The normalized spacial score (nSPS) is 21.3. The lowest BCUT2D eigenvalue weighted by Gasteiger charge is -2.47. The Bertz CT molecular complexity index is 365. The highest BCUT2D eigenvalue weighted by Crippen LogP contribution is 2.52. The Kier molecular flexibility index (Phi) is 4.24. The molecule has 1 heterocycles. The Morgan fingerprint density at radius 1 is 1.24 bits per heavy atom. The number of likely N-dealkylation sites (tertiary alicyclic amines) is 1. The maximum absolute atomic E-state index is 11.1. The third-order valence-corrected chi connectivity index (χ3v) is 9.71. The van der Waals surface area contributed by atoms with Gasteiger partial charge >= 0.3 is 0 Å². The van der Waals surface area contributed by atoms with Crippen LogP contribution in [0.5, 0.6) is 0 Å². The van der Waals surface area contributed by atoms with Gasteiger partial charge in [-0.3, -0.25) is 4.90 Å². The van der Waals surface area contributed by atoms with Gasteiger partial charge in [-0.05, 0) is 23.0 Å². The maximum Gasteiger partial charge on any atom is 0.214 e. The summed E-state index contributed by atoms with van der Waals surface area (Å²) in [6, 6.07) is 0. The van der Waals surface area contributed by atoms with E-state index in [0.717, 1.165) is 12.3 Å². The molecule has 1 rings (SSSR count). The van der Waals surface area contributed by atoms with Crippen molar-refractivity contribution >= 4 is 20.1 Å². The van der Waals surface area contributed by atoms with Crippen molar-refractivity contribution in [2.75, 3.05) is 37.9 Å². The van der Waals surface area contributed by atoms with Gasteiger partial charge in [-0.25, -0.2) is 23.6 Å². The lowest BCUT2D eigenvalue weighted by atomic mass is 10.2. The fourth-order valence-corrected chi connectivity index (χ4v) is 3.74. The molecule has 0 amide bonds. The number of sulfonamides is 1. The van der Waals surface area contributed by atoms with E-state index in [9.17, 15) is 8.42 Å². The molecule has 0 atom stereocenters. The largest absolute Gasteiger partial charge is 0.300 e. The molecule has 0 bridgehead atoms. The molecular weight excluding hydrogens is 256 g/mol. The highest BCUT2D eigenvalue weighted by molar-refractivity contribution is 8.33. The Balaban J connectivity index is 2.37. The summed E-state index contributed by atoms with van der Waals surface area (Å²) in [5, 5.41) is 4.77. The third-order valence-electron chi connectivity index (χ3n) is 3.96. The summed E-state index contributed by atoms with van der Waals surface area (Å²) < 4.78 is 22.5. The van der Waals surface area contributed by atoms with Crippen molar-refractivity contribution in [2.45, 2.75) is 30.8 Å². The number of hydrogen-bond donors (Lipinski definition) is 1. The summed E-state index contributed by atoms with van der Waals surface area (Å²) in [6.07, 6.45) is 4.70. The first kappa shape index (κ1) is 15.3. The van der Waals surface area contributed by atoms with Gasteiger partial charge in [-0.15, -0.1) is 0 Å². The molecular formula is C11H26N2O2S2. The summed E-state index contributed by atoms with van der Waals surface area (Å²) >= 11 is 0. The first-order chi connectivity index (χ1) is 7.43. The number of hydrogen-bond acceptors (Lipinski definition) is 3. The fourth-order valence-electron chi connectivity index (χ4n) is 1.58. The number of nitrogens with zero attached hydrogens (tertiary/aromatic N) is 1. The Morgan fingerprint density at radius 2 is 1.71 bits per heavy atom. The average Bonchev–Trinajstić information content (AvgIpc) is 1.95. The second-order valence-corrected chi connectivity index (χ2v) is 12.9. The second kappa shape index (κ2) is 4.72. The van der Waals surface area contributed by atoms with E-state index in [0.29, 0.717) is 17.8 Å². The zero-order valence-corrected chi connectivity index (χ0v) is 13.2.